The molecule has 4 amide bonds. The van der Waals surface area contributed by atoms with Crippen LogP contribution in [0.15, 0.2) is 36.4 Å². The molecule has 1 saturated heterocycles. The van der Waals surface area contributed by atoms with Crippen LogP contribution < -0.4 is 21.3 Å². The molecule has 0 aliphatic carbocycles. The van der Waals surface area contributed by atoms with Crippen molar-refractivity contribution in [2.45, 2.75) is 71.5 Å². The third-order valence-corrected chi connectivity index (χ3v) is 6.24. The first-order chi connectivity index (χ1) is 17.6. The maximum Gasteiger partial charge on any atom is 0.244 e. The quantitative estimate of drug-likeness (QED) is 0.237. The summed E-state index contributed by atoms with van der Waals surface area (Å²) in [6, 6.07) is 6.73. The number of carbonyl (C=O) groups is 5. The van der Waals surface area contributed by atoms with Crippen LogP contribution in [0.1, 0.15) is 58.9 Å². The summed E-state index contributed by atoms with van der Waals surface area (Å²) in [6.45, 7) is 8.07. The van der Waals surface area contributed by atoms with Crippen LogP contribution in [-0.4, -0.2) is 54.6 Å². The standard InChI is InChI=1S/C28H40N4O5/c1-18(2)15-23(27(36)30-22(17-33)16-21-11-8-14-29-26(21)35)31-28(37)25(19(3)4)32-24(34)13-12-20-9-6-5-7-10-20/h5-7,9-10,12-13,17-19,21-23,25H,8,11,14-16H2,1-4H3,(H,29,35)(H,30,36)(H,31,37)(H,32,34)/t21-,22-,23-,25-/m0/s1. The third kappa shape index (κ3) is 10.2. The monoisotopic (exact) mass is 512 g/mol. The minimum atomic E-state index is -0.895. The molecule has 9 heteroatoms. The zero-order chi connectivity index (χ0) is 27.4. The Bertz CT molecular complexity index is 961. The number of carbonyl (C=O) groups excluding carboxylic acids is 5. The smallest absolute Gasteiger partial charge is 0.244 e. The van der Waals surface area contributed by atoms with E-state index in [4.69, 9.17) is 0 Å². The summed E-state index contributed by atoms with van der Waals surface area (Å²) in [5.74, 6) is -2.00. The lowest BCUT2D eigenvalue weighted by atomic mass is 9.91. The zero-order valence-corrected chi connectivity index (χ0v) is 22.2. The predicted molar refractivity (Wildman–Crippen MR) is 142 cm³/mol. The van der Waals surface area contributed by atoms with Gasteiger partial charge in [-0.15, -0.1) is 0 Å². The Morgan fingerprint density at radius 2 is 1.73 bits per heavy atom. The van der Waals surface area contributed by atoms with Gasteiger partial charge in [0, 0.05) is 18.5 Å². The van der Waals surface area contributed by atoms with Gasteiger partial charge in [0.25, 0.3) is 0 Å². The van der Waals surface area contributed by atoms with E-state index in [1.807, 2.05) is 44.2 Å². The zero-order valence-electron chi connectivity index (χ0n) is 22.2. The molecule has 1 heterocycles. The summed E-state index contributed by atoms with van der Waals surface area (Å²) in [6.07, 6.45) is 5.70. The highest BCUT2D eigenvalue weighted by molar-refractivity contribution is 5.97. The first-order valence-corrected chi connectivity index (χ1v) is 13.0. The first-order valence-electron chi connectivity index (χ1n) is 13.0. The maximum absolute atomic E-state index is 13.2. The fourth-order valence-electron chi connectivity index (χ4n) is 4.24. The van der Waals surface area contributed by atoms with Crippen molar-refractivity contribution in [3.63, 3.8) is 0 Å². The highest BCUT2D eigenvalue weighted by Gasteiger charge is 2.31. The molecular weight excluding hydrogens is 472 g/mol. The van der Waals surface area contributed by atoms with Gasteiger partial charge in [-0.1, -0.05) is 58.0 Å². The Hall–Kier alpha value is -3.49. The van der Waals surface area contributed by atoms with E-state index in [1.54, 1.807) is 19.9 Å². The Morgan fingerprint density at radius 1 is 1.03 bits per heavy atom. The van der Waals surface area contributed by atoms with Gasteiger partial charge in [0.1, 0.15) is 18.4 Å². The van der Waals surface area contributed by atoms with E-state index >= 15 is 0 Å². The fraction of sp³-hybridized carbons (Fsp3) is 0.536. The van der Waals surface area contributed by atoms with Gasteiger partial charge in [-0.25, -0.2) is 0 Å². The summed E-state index contributed by atoms with van der Waals surface area (Å²) in [4.78, 5) is 62.5. The molecule has 0 bridgehead atoms. The summed E-state index contributed by atoms with van der Waals surface area (Å²) in [5.41, 5.74) is 0.854. The molecule has 9 nitrogen and oxygen atoms in total. The van der Waals surface area contributed by atoms with E-state index in [0.29, 0.717) is 25.7 Å². The molecular formula is C28H40N4O5. The average Bonchev–Trinajstić information content (AvgIpc) is 2.86. The minimum Gasteiger partial charge on any atom is -0.356 e. The molecule has 0 unspecified atom stereocenters. The van der Waals surface area contributed by atoms with Crippen LogP contribution in [0.2, 0.25) is 0 Å². The van der Waals surface area contributed by atoms with Crippen molar-refractivity contribution in [3.8, 4) is 0 Å². The van der Waals surface area contributed by atoms with Gasteiger partial charge >= 0.3 is 0 Å². The van der Waals surface area contributed by atoms with Crippen LogP contribution in [0.3, 0.4) is 0 Å². The van der Waals surface area contributed by atoms with E-state index in [2.05, 4.69) is 21.3 Å². The molecule has 0 aromatic heterocycles. The summed E-state index contributed by atoms with van der Waals surface area (Å²) >= 11 is 0. The SMILES string of the molecule is CC(C)C[C@H](NC(=O)[C@@H](NC(=O)C=Cc1ccccc1)C(C)C)C(=O)N[C@H](C=O)C[C@@H]1CCCNC1=O. The number of amides is 4. The largest absolute Gasteiger partial charge is 0.356 e. The molecule has 1 fully saturated rings. The van der Waals surface area contributed by atoms with Crippen molar-refractivity contribution in [2.24, 2.45) is 17.8 Å². The van der Waals surface area contributed by atoms with Crippen molar-refractivity contribution < 1.29 is 24.0 Å². The maximum atomic E-state index is 13.2. The second-order valence-corrected chi connectivity index (χ2v) is 10.3. The third-order valence-electron chi connectivity index (χ3n) is 6.24. The lowest BCUT2D eigenvalue weighted by Crippen LogP contribution is -2.56. The summed E-state index contributed by atoms with van der Waals surface area (Å²) in [5, 5.41) is 11.0. The molecule has 4 N–H and O–H groups in total. The van der Waals surface area contributed by atoms with Gasteiger partial charge < -0.3 is 26.1 Å². The van der Waals surface area contributed by atoms with Crippen LogP contribution in [0, 0.1) is 17.8 Å². The van der Waals surface area contributed by atoms with Crippen LogP contribution in [0.25, 0.3) is 6.08 Å². The molecule has 4 atom stereocenters. The molecule has 0 saturated carbocycles. The van der Waals surface area contributed by atoms with E-state index in [1.165, 1.54) is 6.08 Å². The van der Waals surface area contributed by atoms with E-state index < -0.39 is 35.8 Å². The molecule has 0 radical (unpaired) electrons. The molecule has 202 valence electrons. The number of nitrogens with one attached hydrogen (secondary N) is 4. The summed E-state index contributed by atoms with van der Waals surface area (Å²) in [7, 11) is 0. The molecule has 2 rings (SSSR count). The van der Waals surface area contributed by atoms with Crippen LogP contribution in [0.4, 0.5) is 0 Å². The summed E-state index contributed by atoms with van der Waals surface area (Å²) < 4.78 is 0. The fourth-order valence-corrected chi connectivity index (χ4v) is 4.24. The van der Waals surface area contributed by atoms with Gasteiger partial charge in [-0.2, -0.15) is 0 Å². The Kier molecular flexibility index (Phi) is 12.0. The number of piperidine rings is 1. The number of aldehydes is 1. The van der Waals surface area contributed by atoms with Gasteiger partial charge in [0.2, 0.25) is 23.6 Å². The van der Waals surface area contributed by atoms with E-state index in [-0.39, 0.29) is 30.1 Å². The van der Waals surface area contributed by atoms with Gasteiger partial charge in [0.05, 0.1) is 6.04 Å². The van der Waals surface area contributed by atoms with Gasteiger partial charge in [-0.05, 0) is 49.2 Å². The second-order valence-electron chi connectivity index (χ2n) is 10.3. The van der Waals surface area contributed by atoms with Crippen molar-refractivity contribution in [1.82, 2.24) is 21.3 Å². The topological polar surface area (TPSA) is 133 Å². The van der Waals surface area contributed by atoms with Crippen molar-refractivity contribution in [2.75, 3.05) is 6.54 Å². The van der Waals surface area contributed by atoms with Crippen molar-refractivity contribution in [1.29, 1.82) is 0 Å². The number of rotatable bonds is 13. The first kappa shape index (κ1) is 29.7. The predicted octanol–water partition coefficient (Wildman–Crippen LogP) is 1.97. The Labute approximate surface area is 219 Å². The lowest BCUT2D eigenvalue weighted by Gasteiger charge is -2.28. The van der Waals surface area contributed by atoms with E-state index in [0.717, 1.165) is 12.0 Å². The molecule has 1 aromatic carbocycles. The average molecular weight is 513 g/mol. The van der Waals surface area contributed by atoms with Gasteiger partial charge in [0.15, 0.2) is 0 Å². The lowest BCUT2D eigenvalue weighted by molar-refractivity contribution is -0.133. The second kappa shape index (κ2) is 14.9. The normalized spacial score (nSPS) is 18.1. The number of benzene rings is 1. The molecule has 0 spiro atoms. The van der Waals surface area contributed by atoms with Crippen molar-refractivity contribution >= 4 is 36.0 Å². The number of hydrogen-bond acceptors (Lipinski definition) is 5. The Balaban J connectivity index is 2.04. The highest BCUT2D eigenvalue weighted by atomic mass is 16.2. The van der Waals surface area contributed by atoms with Crippen LogP contribution in [0.5, 0.6) is 0 Å². The minimum absolute atomic E-state index is 0.0794. The molecule has 1 aliphatic rings. The Morgan fingerprint density at radius 3 is 2.32 bits per heavy atom. The van der Waals surface area contributed by atoms with Crippen LogP contribution in [-0.2, 0) is 24.0 Å². The molecule has 37 heavy (non-hydrogen) atoms. The molecule has 1 aliphatic heterocycles. The van der Waals surface area contributed by atoms with E-state index in [9.17, 15) is 24.0 Å². The molecule has 1 aromatic rings. The number of hydrogen-bond donors (Lipinski definition) is 4. The van der Waals surface area contributed by atoms with Gasteiger partial charge in [-0.3, -0.25) is 19.2 Å². The van der Waals surface area contributed by atoms with Crippen LogP contribution >= 0.6 is 0 Å². The van der Waals surface area contributed by atoms with Crippen molar-refractivity contribution in [3.05, 3.63) is 42.0 Å². The highest BCUT2D eigenvalue weighted by Crippen LogP contribution is 2.17.